The Morgan fingerprint density at radius 3 is 2.71 bits per heavy atom. The number of ether oxygens (including phenoxy) is 2. The molecule has 1 aliphatic heterocycles. The van der Waals surface area contributed by atoms with Gasteiger partial charge in [-0.15, -0.1) is 0 Å². The molecule has 0 aliphatic carbocycles. The Kier molecular flexibility index (Phi) is 5.08. The molecule has 21 heavy (non-hydrogen) atoms. The molecule has 118 valence electrons. The first kappa shape index (κ1) is 16.1. The number of nitrogens with two attached hydrogens (primary N) is 1. The normalized spacial score (nSPS) is 20.2. The van der Waals surface area contributed by atoms with Crippen LogP contribution >= 0.6 is 0 Å². The predicted molar refractivity (Wildman–Crippen MR) is 80.1 cm³/mol. The van der Waals surface area contributed by atoms with Crippen LogP contribution in [0, 0.1) is 5.92 Å². The first-order chi connectivity index (χ1) is 10.0. The van der Waals surface area contributed by atoms with Crippen molar-refractivity contribution >= 4 is 10.0 Å². The van der Waals surface area contributed by atoms with Crippen LogP contribution in [0.4, 0.5) is 0 Å². The van der Waals surface area contributed by atoms with E-state index in [1.165, 1.54) is 24.6 Å². The van der Waals surface area contributed by atoms with Crippen molar-refractivity contribution in [3.63, 3.8) is 0 Å². The quantitative estimate of drug-likeness (QED) is 0.879. The van der Waals surface area contributed by atoms with Gasteiger partial charge < -0.3 is 15.2 Å². The number of methoxy groups -OCH3 is 2. The van der Waals surface area contributed by atoms with E-state index in [0.29, 0.717) is 31.1 Å². The lowest BCUT2D eigenvalue weighted by Gasteiger charge is -2.31. The van der Waals surface area contributed by atoms with Crippen molar-refractivity contribution in [1.29, 1.82) is 0 Å². The van der Waals surface area contributed by atoms with E-state index in [-0.39, 0.29) is 10.8 Å². The molecule has 0 bridgehead atoms. The Labute approximate surface area is 125 Å². The Morgan fingerprint density at radius 2 is 2.10 bits per heavy atom. The molecule has 1 saturated heterocycles. The summed E-state index contributed by atoms with van der Waals surface area (Å²) in [7, 11) is -0.597. The third-order valence-corrected chi connectivity index (χ3v) is 5.71. The maximum absolute atomic E-state index is 12.8. The maximum atomic E-state index is 12.8. The SMILES string of the molecule is COc1ccc(S(=O)(=O)N2CCCC(CN)C2)c(OC)c1. The lowest BCUT2D eigenvalue weighted by atomic mass is 10.0. The number of sulfonamides is 1. The summed E-state index contributed by atoms with van der Waals surface area (Å²) < 4.78 is 37.4. The molecule has 0 radical (unpaired) electrons. The van der Waals surface area contributed by atoms with Crippen molar-refractivity contribution < 1.29 is 17.9 Å². The van der Waals surface area contributed by atoms with Gasteiger partial charge in [0, 0.05) is 19.2 Å². The first-order valence-electron chi connectivity index (χ1n) is 6.95. The topological polar surface area (TPSA) is 81.9 Å². The van der Waals surface area contributed by atoms with Gasteiger partial charge >= 0.3 is 0 Å². The minimum absolute atomic E-state index is 0.170. The second-order valence-electron chi connectivity index (χ2n) is 5.12. The first-order valence-corrected chi connectivity index (χ1v) is 8.39. The summed E-state index contributed by atoms with van der Waals surface area (Å²) in [5, 5.41) is 0. The van der Waals surface area contributed by atoms with Crippen LogP contribution in [0.15, 0.2) is 23.1 Å². The van der Waals surface area contributed by atoms with Crippen molar-refractivity contribution in [2.24, 2.45) is 11.7 Å². The summed E-state index contributed by atoms with van der Waals surface area (Å²) in [6.07, 6.45) is 1.81. The number of hydrogen-bond donors (Lipinski definition) is 1. The second kappa shape index (κ2) is 6.64. The van der Waals surface area contributed by atoms with E-state index < -0.39 is 10.0 Å². The van der Waals surface area contributed by atoms with Gasteiger partial charge in [-0.25, -0.2) is 8.42 Å². The molecule has 0 saturated carbocycles. The Hall–Kier alpha value is -1.31. The number of benzene rings is 1. The fourth-order valence-corrected chi connectivity index (χ4v) is 4.26. The molecule has 1 aliphatic rings. The largest absolute Gasteiger partial charge is 0.497 e. The molecule has 1 unspecified atom stereocenters. The van der Waals surface area contributed by atoms with E-state index in [9.17, 15) is 8.42 Å². The molecule has 0 spiro atoms. The van der Waals surface area contributed by atoms with Gasteiger partial charge in [0.2, 0.25) is 10.0 Å². The molecule has 0 aromatic heterocycles. The summed E-state index contributed by atoms with van der Waals surface area (Å²) in [5.74, 6) is 1.08. The van der Waals surface area contributed by atoms with Crippen LogP contribution in [0.5, 0.6) is 11.5 Å². The van der Waals surface area contributed by atoms with Crippen LogP contribution in [0.25, 0.3) is 0 Å². The van der Waals surface area contributed by atoms with Crippen LogP contribution in [-0.4, -0.2) is 46.6 Å². The van der Waals surface area contributed by atoms with Gasteiger partial charge in [-0.3, -0.25) is 0 Å². The van der Waals surface area contributed by atoms with E-state index >= 15 is 0 Å². The molecule has 1 heterocycles. The number of piperidine rings is 1. The highest BCUT2D eigenvalue weighted by Crippen LogP contribution is 2.32. The van der Waals surface area contributed by atoms with E-state index in [2.05, 4.69) is 0 Å². The van der Waals surface area contributed by atoms with Gasteiger partial charge in [-0.05, 0) is 37.4 Å². The van der Waals surface area contributed by atoms with Gasteiger partial charge in [0.05, 0.1) is 14.2 Å². The highest BCUT2D eigenvalue weighted by Gasteiger charge is 2.31. The number of hydrogen-bond acceptors (Lipinski definition) is 5. The van der Waals surface area contributed by atoms with E-state index in [1.807, 2.05) is 0 Å². The zero-order chi connectivity index (χ0) is 15.5. The van der Waals surface area contributed by atoms with Crippen LogP contribution in [0.3, 0.4) is 0 Å². The monoisotopic (exact) mass is 314 g/mol. The highest BCUT2D eigenvalue weighted by atomic mass is 32.2. The molecule has 1 aromatic rings. The molecule has 7 heteroatoms. The number of nitrogens with zero attached hydrogens (tertiary/aromatic N) is 1. The van der Waals surface area contributed by atoms with E-state index in [0.717, 1.165) is 12.8 Å². The zero-order valence-corrected chi connectivity index (χ0v) is 13.2. The van der Waals surface area contributed by atoms with Crippen LogP contribution in [0.2, 0.25) is 0 Å². The lowest BCUT2D eigenvalue weighted by Crippen LogP contribution is -2.42. The second-order valence-corrected chi connectivity index (χ2v) is 7.03. The minimum Gasteiger partial charge on any atom is -0.497 e. The van der Waals surface area contributed by atoms with Gasteiger partial charge in [0.1, 0.15) is 16.4 Å². The summed E-state index contributed by atoms with van der Waals surface area (Å²) in [6.45, 7) is 1.49. The van der Waals surface area contributed by atoms with Gasteiger partial charge in [0.25, 0.3) is 0 Å². The Morgan fingerprint density at radius 1 is 1.33 bits per heavy atom. The van der Waals surface area contributed by atoms with Crippen molar-refractivity contribution in [2.45, 2.75) is 17.7 Å². The third kappa shape index (κ3) is 3.30. The molecule has 1 fully saturated rings. The molecule has 6 nitrogen and oxygen atoms in total. The molecular weight excluding hydrogens is 292 g/mol. The number of rotatable bonds is 5. The highest BCUT2D eigenvalue weighted by molar-refractivity contribution is 7.89. The average molecular weight is 314 g/mol. The molecule has 1 atom stereocenters. The van der Waals surface area contributed by atoms with Gasteiger partial charge in [0.15, 0.2) is 0 Å². The van der Waals surface area contributed by atoms with Crippen LogP contribution in [0.1, 0.15) is 12.8 Å². The van der Waals surface area contributed by atoms with E-state index in [1.54, 1.807) is 12.1 Å². The summed E-state index contributed by atoms with van der Waals surface area (Å²) in [4.78, 5) is 0.170. The molecule has 2 rings (SSSR count). The van der Waals surface area contributed by atoms with Crippen molar-refractivity contribution in [2.75, 3.05) is 33.9 Å². The Bertz CT molecular complexity index is 589. The summed E-state index contributed by atoms with van der Waals surface area (Å²) in [5.41, 5.74) is 5.68. The van der Waals surface area contributed by atoms with E-state index in [4.69, 9.17) is 15.2 Å². The minimum atomic E-state index is -3.58. The standard InChI is InChI=1S/C14H22N2O4S/c1-19-12-5-6-14(13(8-12)20-2)21(17,18)16-7-3-4-11(9-15)10-16/h5-6,8,11H,3-4,7,9-10,15H2,1-2H3. The zero-order valence-electron chi connectivity index (χ0n) is 12.4. The van der Waals surface area contributed by atoms with Gasteiger partial charge in [-0.1, -0.05) is 0 Å². The molecule has 0 amide bonds. The average Bonchev–Trinajstić information content (AvgIpc) is 2.54. The third-order valence-electron chi connectivity index (χ3n) is 3.80. The fourth-order valence-electron chi connectivity index (χ4n) is 2.56. The predicted octanol–water partition coefficient (Wildman–Crippen LogP) is 1.06. The van der Waals surface area contributed by atoms with Crippen molar-refractivity contribution in [1.82, 2.24) is 4.31 Å². The Balaban J connectivity index is 2.35. The fraction of sp³-hybridized carbons (Fsp3) is 0.571. The van der Waals surface area contributed by atoms with Crippen molar-refractivity contribution in [3.8, 4) is 11.5 Å². The summed E-state index contributed by atoms with van der Waals surface area (Å²) >= 11 is 0. The maximum Gasteiger partial charge on any atom is 0.246 e. The van der Waals surface area contributed by atoms with Crippen LogP contribution < -0.4 is 15.2 Å². The summed E-state index contributed by atoms with van der Waals surface area (Å²) in [6, 6.07) is 4.73. The molecular formula is C14H22N2O4S. The van der Waals surface area contributed by atoms with Gasteiger partial charge in [-0.2, -0.15) is 4.31 Å². The van der Waals surface area contributed by atoms with Crippen molar-refractivity contribution in [3.05, 3.63) is 18.2 Å². The molecule has 2 N–H and O–H groups in total. The molecule has 1 aromatic carbocycles. The smallest absolute Gasteiger partial charge is 0.246 e. The van der Waals surface area contributed by atoms with Crippen LogP contribution in [-0.2, 0) is 10.0 Å². The lowest BCUT2D eigenvalue weighted by molar-refractivity contribution is 0.270.